The van der Waals surface area contributed by atoms with E-state index in [1.807, 2.05) is 26.8 Å². The minimum Gasteiger partial charge on any atom is -0.319 e. The van der Waals surface area contributed by atoms with Crippen LogP contribution in [0.25, 0.3) is 0 Å². The van der Waals surface area contributed by atoms with Gasteiger partial charge in [0.2, 0.25) is 0 Å². The highest BCUT2D eigenvalue weighted by Crippen LogP contribution is 2.23. The SMILES string of the molecule is Cc1ccc(F)c(NC(=O)c2cc(C)c(C)s2)c1. The van der Waals surface area contributed by atoms with E-state index in [-0.39, 0.29) is 11.6 Å². The van der Waals surface area contributed by atoms with Crippen LogP contribution in [0, 0.1) is 26.6 Å². The third kappa shape index (κ3) is 2.59. The molecule has 0 radical (unpaired) electrons. The van der Waals surface area contributed by atoms with Crippen LogP contribution in [0.5, 0.6) is 0 Å². The monoisotopic (exact) mass is 263 g/mol. The second-order valence-electron chi connectivity index (χ2n) is 4.29. The van der Waals surface area contributed by atoms with Crippen molar-refractivity contribution in [3.05, 3.63) is 51.0 Å². The first kappa shape index (κ1) is 12.8. The second-order valence-corrected chi connectivity index (χ2v) is 5.54. The molecule has 1 N–H and O–H groups in total. The van der Waals surface area contributed by atoms with Gasteiger partial charge < -0.3 is 5.32 Å². The third-order valence-corrected chi connectivity index (χ3v) is 3.91. The first-order valence-electron chi connectivity index (χ1n) is 5.62. The lowest BCUT2D eigenvalue weighted by atomic mass is 10.2. The van der Waals surface area contributed by atoms with Crippen LogP contribution in [0.1, 0.15) is 25.7 Å². The number of aryl methyl sites for hydroxylation is 3. The fourth-order valence-electron chi connectivity index (χ4n) is 1.60. The quantitative estimate of drug-likeness (QED) is 0.869. The van der Waals surface area contributed by atoms with Crippen molar-refractivity contribution in [1.29, 1.82) is 0 Å². The average Bonchev–Trinajstić information content (AvgIpc) is 2.64. The van der Waals surface area contributed by atoms with E-state index in [1.165, 1.54) is 17.4 Å². The summed E-state index contributed by atoms with van der Waals surface area (Å²) in [6.45, 7) is 5.77. The van der Waals surface area contributed by atoms with Gasteiger partial charge >= 0.3 is 0 Å². The maximum Gasteiger partial charge on any atom is 0.265 e. The lowest BCUT2D eigenvalue weighted by molar-refractivity contribution is 0.103. The van der Waals surface area contributed by atoms with Gasteiger partial charge in [-0.15, -0.1) is 11.3 Å². The predicted molar refractivity (Wildman–Crippen MR) is 72.9 cm³/mol. The van der Waals surface area contributed by atoms with E-state index < -0.39 is 5.82 Å². The van der Waals surface area contributed by atoms with Gasteiger partial charge in [0.15, 0.2) is 0 Å². The predicted octanol–water partition coefficient (Wildman–Crippen LogP) is 4.06. The van der Waals surface area contributed by atoms with E-state index >= 15 is 0 Å². The molecule has 1 heterocycles. The number of carbonyl (C=O) groups is 1. The first-order chi connectivity index (χ1) is 8.47. The number of anilines is 1. The van der Waals surface area contributed by atoms with Crippen molar-refractivity contribution in [2.75, 3.05) is 5.32 Å². The lowest BCUT2D eigenvalue weighted by Gasteiger charge is -2.05. The molecule has 94 valence electrons. The van der Waals surface area contributed by atoms with Crippen molar-refractivity contribution in [2.24, 2.45) is 0 Å². The van der Waals surface area contributed by atoms with Gasteiger partial charge in [0.05, 0.1) is 10.6 Å². The number of carbonyl (C=O) groups excluding carboxylic acids is 1. The molecular formula is C14H14FNOS. The van der Waals surface area contributed by atoms with Crippen LogP contribution in [0.15, 0.2) is 24.3 Å². The average molecular weight is 263 g/mol. The molecular weight excluding hydrogens is 249 g/mol. The summed E-state index contributed by atoms with van der Waals surface area (Å²) in [5.74, 6) is -0.681. The van der Waals surface area contributed by atoms with Gasteiger partial charge in [0, 0.05) is 4.88 Å². The Hall–Kier alpha value is -1.68. The van der Waals surface area contributed by atoms with Gasteiger partial charge in [0.1, 0.15) is 5.82 Å². The van der Waals surface area contributed by atoms with Crippen LogP contribution in [-0.4, -0.2) is 5.91 Å². The number of hydrogen-bond donors (Lipinski definition) is 1. The Balaban J connectivity index is 2.23. The summed E-state index contributed by atoms with van der Waals surface area (Å²) < 4.78 is 13.5. The number of benzene rings is 1. The summed E-state index contributed by atoms with van der Waals surface area (Å²) in [6, 6.07) is 6.48. The molecule has 0 spiro atoms. The van der Waals surface area contributed by atoms with Crippen molar-refractivity contribution in [2.45, 2.75) is 20.8 Å². The van der Waals surface area contributed by atoms with Crippen LogP contribution in [-0.2, 0) is 0 Å². The van der Waals surface area contributed by atoms with Crippen molar-refractivity contribution < 1.29 is 9.18 Å². The number of hydrogen-bond acceptors (Lipinski definition) is 2. The zero-order chi connectivity index (χ0) is 13.3. The number of amides is 1. The Bertz CT molecular complexity index is 584. The van der Waals surface area contributed by atoms with Crippen LogP contribution in [0.4, 0.5) is 10.1 Å². The summed E-state index contributed by atoms with van der Waals surface area (Å²) in [5, 5.41) is 2.60. The van der Waals surface area contributed by atoms with Crippen molar-refractivity contribution >= 4 is 22.9 Å². The summed E-state index contributed by atoms with van der Waals surface area (Å²) in [7, 11) is 0. The highest BCUT2D eigenvalue weighted by atomic mass is 32.1. The molecule has 4 heteroatoms. The molecule has 18 heavy (non-hydrogen) atoms. The van der Waals surface area contributed by atoms with Gasteiger partial charge in [0.25, 0.3) is 5.91 Å². The molecule has 1 aromatic carbocycles. The zero-order valence-corrected chi connectivity index (χ0v) is 11.3. The van der Waals surface area contributed by atoms with Crippen LogP contribution < -0.4 is 5.32 Å². The third-order valence-electron chi connectivity index (χ3n) is 2.76. The van der Waals surface area contributed by atoms with Gasteiger partial charge in [-0.05, 0) is 50.1 Å². The summed E-state index contributed by atoms with van der Waals surface area (Å²) >= 11 is 1.42. The summed E-state index contributed by atoms with van der Waals surface area (Å²) in [5.41, 5.74) is 2.21. The molecule has 0 aliphatic rings. The molecule has 0 saturated heterocycles. The summed E-state index contributed by atoms with van der Waals surface area (Å²) in [6.07, 6.45) is 0. The maximum absolute atomic E-state index is 13.5. The fourth-order valence-corrected chi connectivity index (χ4v) is 2.53. The molecule has 2 rings (SSSR count). The number of rotatable bonds is 2. The van der Waals surface area contributed by atoms with Crippen LogP contribution in [0.3, 0.4) is 0 Å². The molecule has 0 fully saturated rings. The smallest absolute Gasteiger partial charge is 0.265 e. The van der Waals surface area contributed by atoms with Gasteiger partial charge in [-0.1, -0.05) is 6.07 Å². The molecule has 0 bridgehead atoms. The minimum atomic E-state index is -0.418. The molecule has 0 saturated carbocycles. The van der Waals surface area contributed by atoms with Crippen molar-refractivity contribution in [3.63, 3.8) is 0 Å². The highest BCUT2D eigenvalue weighted by Gasteiger charge is 2.12. The van der Waals surface area contributed by atoms with Gasteiger partial charge in [-0.2, -0.15) is 0 Å². The molecule has 1 amide bonds. The number of thiophene rings is 1. The molecule has 2 nitrogen and oxygen atoms in total. The largest absolute Gasteiger partial charge is 0.319 e. The fraction of sp³-hybridized carbons (Fsp3) is 0.214. The molecule has 0 unspecified atom stereocenters. The van der Waals surface area contributed by atoms with Gasteiger partial charge in [-0.3, -0.25) is 4.79 Å². The Morgan fingerprint density at radius 3 is 2.56 bits per heavy atom. The van der Waals surface area contributed by atoms with E-state index in [0.29, 0.717) is 4.88 Å². The number of halogens is 1. The van der Waals surface area contributed by atoms with Gasteiger partial charge in [-0.25, -0.2) is 4.39 Å². The Kier molecular flexibility index (Phi) is 3.48. The maximum atomic E-state index is 13.5. The van der Waals surface area contributed by atoms with E-state index in [1.54, 1.807) is 12.1 Å². The van der Waals surface area contributed by atoms with Crippen molar-refractivity contribution in [1.82, 2.24) is 0 Å². The van der Waals surface area contributed by atoms with E-state index in [4.69, 9.17) is 0 Å². The van der Waals surface area contributed by atoms with E-state index in [9.17, 15) is 9.18 Å². The standard InChI is InChI=1S/C14H14FNOS/c1-8-4-5-11(15)12(6-8)16-14(17)13-7-9(2)10(3)18-13/h4-7H,1-3H3,(H,16,17). The second kappa shape index (κ2) is 4.90. The minimum absolute atomic E-state index is 0.226. The van der Waals surface area contributed by atoms with Crippen LogP contribution in [0.2, 0.25) is 0 Å². The normalized spacial score (nSPS) is 10.4. The van der Waals surface area contributed by atoms with Crippen LogP contribution >= 0.6 is 11.3 Å². The Morgan fingerprint density at radius 1 is 1.22 bits per heavy atom. The van der Waals surface area contributed by atoms with E-state index in [0.717, 1.165) is 16.0 Å². The molecule has 0 aliphatic carbocycles. The molecule has 1 aromatic heterocycles. The first-order valence-corrected chi connectivity index (χ1v) is 6.43. The van der Waals surface area contributed by atoms with Crippen molar-refractivity contribution in [3.8, 4) is 0 Å². The topological polar surface area (TPSA) is 29.1 Å². The molecule has 0 atom stereocenters. The molecule has 0 aliphatic heterocycles. The van der Waals surface area contributed by atoms with E-state index in [2.05, 4.69) is 5.32 Å². The number of nitrogens with one attached hydrogen (secondary N) is 1. The lowest BCUT2D eigenvalue weighted by Crippen LogP contribution is -2.11. The zero-order valence-electron chi connectivity index (χ0n) is 10.5. The Morgan fingerprint density at radius 2 is 1.94 bits per heavy atom. The highest BCUT2D eigenvalue weighted by molar-refractivity contribution is 7.14. The Labute approximate surface area is 109 Å². The molecule has 2 aromatic rings. The summed E-state index contributed by atoms with van der Waals surface area (Å²) in [4.78, 5) is 13.7.